The molecule has 0 aliphatic rings. The number of nitrogens with one attached hydrogen (secondary N) is 1. The largest absolute Gasteiger partial charge is 0.376 e. The van der Waals surface area contributed by atoms with Crippen LogP contribution in [0.1, 0.15) is 13.8 Å². The number of nitro benzene ring substituents is 1. The van der Waals surface area contributed by atoms with Gasteiger partial charge in [0.2, 0.25) is 0 Å². The van der Waals surface area contributed by atoms with Gasteiger partial charge in [0.05, 0.1) is 9.95 Å². The Hall–Kier alpha value is -1.33. The van der Waals surface area contributed by atoms with Gasteiger partial charge in [-0.15, -0.1) is 0 Å². The summed E-state index contributed by atoms with van der Waals surface area (Å²) < 4.78 is 0. The number of rotatable bonds is 5. The maximum Gasteiger partial charge on any atom is 0.293 e. The number of hydrogen-bond donors (Lipinski definition) is 1. The van der Waals surface area contributed by atoms with Crippen LogP contribution in [-0.4, -0.2) is 36.0 Å². The van der Waals surface area contributed by atoms with Crippen LogP contribution >= 0.6 is 11.6 Å². The molecule has 100 valence electrons. The number of halogens is 1. The van der Waals surface area contributed by atoms with Crippen LogP contribution in [0, 0.1) is 10.1 Å². The van der Waals surface area contributed by atoms with Crippen LogP contribution in [0.15, 0.2) is 18.2 Å². The van der Waals surface area contributed by atoms with Crippen molar-refractivity contribution in [3.8, 4) is 0 Å². The third-order valence-electron chi connectivity index (χ3n) is 3.10. The number of benzene rings is 1. The average Bonchev–Trinajstić information content (AvgIpc) is 2.26. The molecule has 0 aliphatic heterocycles. The van der Waals surface area contributed by atoms with Gasteiger partial charge >= 0.3 is 0 Å². The normalized spacial score (nSPS) is 11.7. The molecular weight excluding hydrogens is 254 g/mol. The second kappa shape index (κ2) is 5.54. The molecule has 0 radical (unpaired) electrons. The Labute approximate surface area is 112 Å². The third-order valence-corrected chi connectivity index (χ3v) is 3.41. The highest BCUT2D eigenvalue weighted by atomic mass is 35.5. The van der Waals surface area contributed by atoms with Crippen LogP contribution in [0.4, 0.5) is 11.4 Å². The number of para-hydroxylation sites is 1. The zero-order valence-electron chi connectivity index (χ0n) is 11.0. The molecule has 1 aromatic carbocycles. The lowest BCUT2D eigenvalue weighted by atomic mass is 10.0. The van der Waals surface area contributed by atoms with E-state index in [1.165, 1.54) is 6.07 Å². The van der Waals surface area contributed by atoms with Gasteiger partial charge in [-0.3, -0.25) is 10.1 Å². The van der Waals surface area contributed by atoms with E-state index in [1.54, 1.807) is 12.1 Å². The fourth-order valence-corrected chi connectivity index (χ4v) is 1.54. The van der Waals surface area contributed by atoms with Crippen molar-refractivity contribution < 1.29 is 4.92 Å². The lowest BCUT2D eigenvalue weighted by Crippen LogP contribution is -2.44. The fraction of sp³-hybridized carbons (Fsp3) is 0.500. The maximum absolute atomic E-state index is 10.9. The molecule has 0 spiro atoms. The molecule has 1 aromatic rings. The van der Waals surface area contributed by atoms with Crippen LogP contribution in [0.2, 0.25) is 5.02 Å². The summed E-state index contributed by atoms with van der Waals surface area (Å²) in [4.78, 5) is 12.5. The molecule has 0 heterocycles. The van der Waals surface area contributed by atoms with Crippen molar-refractivity contribution in [2.24, 2.45) is 0 Å². The van der Waals surface area contributed by atoms with Gasteiger partial charge < -0.3 is 10.2 Å². The summed E-state index contributed by atoms with van der Waals surface area (Å²) in [5, 5.41) is 14.4. The summed E-state index contributed by atoms with van der Waals surface area (Å²) in [7, 11) is 3.92. The zero-order valence-corrected chi connectivity index (χ0v) is 11.8. The van der Waals surface area contributed by atoms with Crippen LogP contribution in [0.5, 0.6) is 0 Å². The molecule has 5 nitrogen and oxygen atoms in total. The maximum atomic E-state index is 10.9. The molecule has 0 atom stereocenters. The molecule has 0 aromatic heterocycles. The topological polar surface area (TPSA) is 58.4 Å². The standard InChI is InChI=1S/C12H18ClN3O2/c1-12(2,15(3)4)8-14-11-9(13)6-5-7-10(11)16(17)18/h5-7,14H,8H2,1-4H3. The Morgan fingerprint density at radius 2 is 2.06 bits per heavy atom. The fourth-order valence-electron chi connectivity index (χ4n) is 1.30. The Balaban J connectivity index is 2.95. The minimum Gasteiger partial charge on any atom is -0.376 e. The van der Waals surface area contributed by atoms with Crippen molar-refractivity contribution in [3.05, 3.63) is 33.3 Å². The average molecular weight is 272 g/mol. The zero-order chi connectivity index (χ0) is 13.9. The molecule has 0 unspecified atom stereocenters. The summed E-state index contributed by atoms with van der Waals surface area (Å²) >= 11 is 6.00. The predicted octanol–water partition coefficient (Wildman–Crippen LogP) is 3.00. The van der Waals surface area contributed by atoms with Gasteiger partial charge in [-0.1, -0.05) is 17.7 Å². The minimum atomic E-state index is -0.434. The number of hydrogen-bond acceptors (Lipinski definition) is 4. The first-order valence-corrected chi connectivity index (χ1v) is 5.97. The van der Waals surface area contributed by atoms with Gasteiger partial charge in [-0.25, -0.2) is 0 Å². The van der Waals surface area contributed by atoms with Crippen molar-refractivity contribution in [3.63, 3.8) is 0 Å². The van der Waals surface area contributed by atoms with Crippen molar-refractivity contribution in [1.29, 1.82) is 0 Å². The second-order valence-electron chi connectivity index (χ2n) is 4.95. The van der Waals surface area contributed by atoms with Crippen molar-refractivity contribution in [1.82, 2.24) is 4.90 Å². The highest BCUT2D eigenvalue weighted by Gasteiger charge is 2.23. The van der Waals surface area contributed by atoms with Gasteiger partial charge in [-0.2, -0.15) is 0 Å². The lowest BCUT2D eigenvalue weighted by Gasteiger charge is -2.33. The van der Waals surface area contributed by atoms with Gasteiger partial charge in [0, 0.05) is 18.2 Å². The first-order valence-electron chi connectivity index (χ1n) is 5.60. The first kappa shape index (κ1) is 14.7. The van der Waals surface area contributed by atoms with Crippen molar-refractivity contribution in [2.75, 3.05) is 26.0 Å². The summed E-state index contributed by atoms with van der Waals surface area (Å²) in [5.41, 5.74) is 0.240. The molecule has 0 aliphatic carbocycles. The molecule has 0 saturated carbocycles. The summed E-state index contributed by atoms with van der Waals surface area (Å²) in [5.74, 6) is 0. The lowest BCUT2D eigenvalue weighted by molar-refractivity contribution is -0.383. The summed E-state index contributed by atoms with van der Waals surface area (Å²) in [6.07, 6.45) is 0. The van der Waals surface area contributed by atoms with E-state index >= 15 is 0 Å². The van der Waals surface area contributed by atoms with Crippen molar-refractivity contribution in [2.45, 2.75) is 19.4 Å². The number of nitro groups is 1. The third kappa shape index (κ3) is 3.34. The van der Waals surface area contributed by atoms with E-state index in [0.717, 1.165) is 0 Å². The Morgan fingerprint density at radius 1 is 1.44 bits per heavy atom. The molecule has 1 rings (SSSR count). The summed E-state index contributed by atoms with van der Waals surface area (Å²) in [6.45, 7) is 4.65. The monoisotopic (exact) mass is 271 g/mol. The smallest absolute Gasteiger partial charge is 0.293 e. The number of nitrogens with zero attached hydrogens (tertiary/aromatic N) is 2. The summed E-state index contributed by atoms with van der Waals surface area (Å²) in [6, 6.07) is 4.65. The van der Waals surface area contributed by atoms with Gasteiger partial charge in [0.1, 0.15) is 5.69 Å². The SMILES string of the molecule is CN(C)C(C)(C)CNc1c(Cl)cccc1[N+](=O)[O-]. The van der Waals surface area contributed by atoms with E-state index in [2.05, 4.69) is 5.32 Å². The molecule has 0 amide bonds. The van der Waals surface area contributed by atoms with Gasteiger partial charge in [0.25, 0.3) is 5.69 Å². The quantitative estimate of drug-likeness (QED) is 0.661. The van der Waals surface area contributed by atoms with E-state index in [4.69, 9.17) is 11.6 Å². The highest BCUT2D eigenvalue weighted by molar-refractivity contribution is 6.33. The number of likely N-dealkylation sites (N-methyl/N-ethyl adjacent to an activating group) is 1. The first-order chi connectivity index (χ1) is 8.25. The van der Waals surface area contributed by atoms with Crippen LogP contribution < -0.4 is 5.32 Å². The Bertz CT molecular complexity index is 447. The molecule has 6 heteroatoms. The van der Waals surface area contributed by atoms with E-state index < -0.39 is 4.92 Å². The Kier molecular flexibility index (Phi) is 4.53. The van der Waals surface area contributed by atoms with Crippen LogP contribution in [0.25, 0.3) is 0 Å². The molecule has 18 heavy (non-hydrogen) atoms. The predicted molar refractivity (Wildman–Crippen MR) is 74.4 cm³/mol. The molecule has 0 bridgehead atoms. The van der Waals surface area contributed by atoms with Gasteiger partial charge in [0.15, 0.2) is 0 Å². The van der Waals surface area contributed by atoms with Crippen LogP contribution in [-0.2, 0) is 0 Å². The van der Waals surface area contributed by atoms with E-state index in [-0.39, 0.29) is 11.2 Å². The van der Waals surface area contributed by atoms with Crippen molar-refractivity contribution >= 4 is 23.0 Å². The molecule has 1 N–H and O–H groups in total. The highest BCUT2D eigenvalue weighted by Crippen LogP contribution is 2.32. The van der Waals surface area contributed by atoms with Gasteiger partial charge in [-0.05, 0) is 34.0 Å². The van der Waals surface area contributed by atoms with Crippen LogP contribution in [0.3, 0.4) is 0 Å². The number of anilines is 1. The molecule has 0 saturated heterocycles. The van der Waals surface area contributed by atoms with E-state index in [0.29, 0.717) is 17.3 Å². The second-order valence-corrected chi connectivity index (χ2v) is 5.36. The molecule has 0 fully saturated rings. The molecular formula is C12H18ClN3O2. The van der Waals surface area contributed by atoms with E-state index in [9.17, 15) is 10.1 Å². The minimum absolute atomic E-state index is 0.00273. The Morgan fingerprint density at radius 3 is 2.56 bits per heavy atom. The van der Waals surface area contributed by atoms with E-state index in [1.807, 2.05) is 32.8 Å².